The first-order valence-corrected chi connectivity index (χ1v) is 8.70. The van der Waals surface area contributed by atoms with Crippen molar-refractivity contribution in [3.63, 3.8) is 0 Å². The predicted octanol–water partition coefficient (Wildman–Crippen LogP) is 3.69. The first-order chi connectivity index (χ1) is 11.6. The molecule has 0 aliphatic carbocycles. The van der Waals surface area contributed by atoms with E-state index in [4.69, 9.17) is 4.42 Å². The fraction of sp³-hybridized carbons (Fsp3) is 0.450. The van der Waals surface area contributed by atoms with Gasteiger partial charge >= 0.3 is 0 Å². The molecule has 1 saturated heterocycles. The number of carbonyl (C=O) groups is 1. The second-order valence-corrected chi connectivity index (χ2v) is 7.15. The largest absolute Gasteiger partial charge is 0.472 e. The van der Waals surface area contributed by atoms with Gasteiger partial charge in [-0.05, 0) is 35.4 Å². The Kier molecular flexibility index (Phi) is 5.36. The van der Waals surface area contributed by atoms with Gasteiger partial charge in [-0.15, -0.1) is 0 Å². The minimum Gasteiger partial charge on any atom is -0.472 e. The molecule has 24 heavy (non-hydrogen) atoms. The average molecular weight is 326 g/mol. The quantitative estimate of drug-likeness (QED) is 0.911. The smallest absolute Gasteiger partial charge is 0.254 e. The number of benzene rings is 1. The monoisotopic (exact) mass is 326 g/mol. The predicted molar refractivity (Wildman–Crippen MR) is 94.5 cm³/mol. The highest BCUT2D eigenvalue weighted by Gasteiger charge is 2.21. The molecular formula is C20H26N2O2. The first kappa shape index (κ1) is 16.8. The normalized spacial score (nSPS) is 21.6. The van der Waals surface area contributed by atoms with E-state index in [9.17, 15) is 4.79 Å². The molecule has 128 valence electrons. The molecule has 2 heterocycles. The molecule has 1 aliphatic heterocycles. The van der Waals surface area contributed by atoms with Crippen LogP contribution < -0.4 is 5.32 Å². The van der Waals surface area contributed by atoms with Gasteiger partial charge in [-0.2, -0.15) is 0 Å². The molecule has 1 amide bonds. The van der Waals surface area contributed by atoms with Crippen molar-refractivity contribution in [2.24, 2.45) is 11.8 Å². The maximum absolute atomic E-state index is 11.9. The Balaban J connectivity index is 1.51. The average Bonchev–Trinajstić information content (AvgIpc) is 3.07. The van der Waals surface area contributed by atoms with Gasteiger partial charge in [-0.1, -0.05) is 38.1 Å². The van der Waals surface area contributed by atoms with Crippen LogP contribution in [0.15, 0.2) is 47.3 Å². The van der Waals surface area contributed by atoms with Gasteiger partial charge in [-0.25, -0.2) is 0 Å². The molecular weight excluding hydrogens is 300 g/mol. The van der Waals surface area contributed by atoms with E-state index in [1.807, 2.05) is 0 Å². The van der Waals surface area contributed by atoms with Crippen molar-refractivity contribution in [3.05, 3.63) is 59.5 Å². The fourth-order valence-electron chi connectivity index (χ4n) is 3.62. The minimum atomic E-state index is -0.107. The summed E-state index contributed by atoms with van der Waals surface area (Å²) in [6.07, 6.45) is 4.30. The molecule has 2 aromatic rings. The third-order valence-electron chi connectivity index (χ3n) is 4.61. The Morgan fingerprint density at radius 1 is 1.12 bits per heavy atom. The summed E-state index contributed by atoms with van der Waals surface area (Å²) in [4.78, 5) is 14.4. The summed E-state index contributed by atoms with van der Waals surface area (Å²) in [6.45, 7) is 8.60. The summed E-state index contributed by atoms with van der Waals surface area (Å²) in [5.41, 5.74) is 3.00. The van der Waals surface area contributed by atoms with Crippen LogP contribution >= 0.6 is 0 Å². The van der Waals surface area contributed by atoms with Crippen LogP contribution in [0.3, 0.4) is 0 Å². The number of amides is 1. The minimum absolute atomic E-state index is 0.107. The number of hydrogen-bond acceptors (Lipinski definition) is 3. The van der Waals surface area contributed by atoms with Gasteiger partial charge in [0.2, 0.25) is 0 Å². The Bertz CT molecular complexity index is 639. The van der Waals surface area contributed by atoms with Gasteiger partial charge in [0.15, 0.2) is 0 Å². The molecule has 0 saturated carbocycles. The topological polar surface area (TPSA) is 45.5 Å². The van der Waals surface area contributed by atoms with E-state index in [0.717, 1.165) is 23.9 Å². The van der Waals surface area contributed by atoms with Crippen molar-refractivity contribution in [1.29, 1.82) is 0 Å². The summed E-state index contributed by atoms with van der Waals surface area (Å²) < 4.78 is 4.93. The number of rotatable bonds is 5. The number of piperidine rings is 1. The molecule has 0 radical (unpaired) electrons. The van der Waals surface area contributed by atoms with Crippen molar-refractivity contribution >= 4 is 5.91 Å². The highest BCUT2D eigenvalue weighted by molar-refractivity contribution is 5.93. The molecule has 2 unspecified atom stereocenters. The van der Waals surface area contributed by atoms with Gasteiger partial charge in [-0.3, -0.25) is 9.69 Å². The Morgan fingerprint density at radius 3 is 2.42 bits per heavy atom. The van der Waals surface area contributed by atoms with Gasteiger partial charge in [0.05, 0.1) is 11.8 Å². The lowest BCUT2D eigenvalue weighted by Gasteiger charge is -2.35. The van der Waals surface area contributed by atoms with E-state index >= 15 is 0 Å². The summed E-state index contributed by atoms with van der Waals surface area (Å²) in [5.74, 6) is 1.46. The maximum Gasteiger partial charge on any atom is 0.254 e. The van der Waals surface area contributed by atoms with Gasteiger partial charge in [0.25, 0.3) is 5.91 Å². The number of nitrogens with zero attached hydrogens (tertiary/aromatic N) is 1. The van der Waals surface area contributed by atoms with E-state index in [2.05, 4.69) is 48.3 Å². The summed E-state index contributed by atoms with van der Waals surface area (Å²) >= 11 is 0. The summed E-state index contributed by atoms with van der Waals surface area (Å²) in [7, 11) is 0. The van der Waals surface area contributed by atoms with E-state index in [1.165, 1.54) is 37.6 Å². The Morgan fingerprint density at radius 2 is 1.79 bits per heavy atom. The van der Waals surface area contributed by atoms with Gasteiger partial charge < -0.3 is 9.73 Å². The van der Waals surface area contributed by atoms with Gasteiger partial charge in [0.1, 0.15) is 6.26 Å². The molecule has 2 atom stereocenters. The zero-order valence-corrected chi connectivity index (χ0v) is 14.5. The van der Waals surface area contributed by atoms with Crippen LogP contribution in [0.4, 0.5) is 0 Å². The van der Waals surface area contributed by atoms with E-state index in [-0.39, 0.29) is 5.91 Å². The lowest BCUT2D eigenvalue weighted by Crippen LogP contribution is -2.38. The van der Waals surface area contributed by atoms with Crippen molar-refractivity contribution < 1.29 is 9.21 Å². The maximum atomic E-state index is 11.9. The standard InChI is InChI=1S/C20H26N2O2/c1-15-9-16(2)12-22(11-15)13-18-5-3-17(4-6-18)10-21-20(23)19-7-8-24-14-19/h3-8,14-16H,9-13H2,1-2H3,(H,21,23). The molecule has 1 fully saturated rings. The molecule has 3 rings (SSSR count). The van der Waals surface area contributed by atoms with Crippen molar-refractivity contribution in [1.82, 2.24) is 10.2 Å². The zero-order chi connectivity index (χ0) is 16.9. The van der Waals surface area contributed by atoms with Crippen molar-refractivity contribution in [2.45, 2.75) is 33.4 Å². The molecule has 1 N–H and O–H groups in total. The van der Waals surface area contributed by atoms with Gasteiger partial charge in [0, 0.05) is 26.2 Å². The highest BCUT2D eigenvalue weighted by Crippen LogP contribution is 2.22. The summed E-state index contributed by atoms with van der Waals surface area (Å²) in [5, 5.41) is 2.90. The fourth-order valence-corrected chi connectivity index (χ4v) is 3.62. The summed E-state index contributed by atoms with van der Waals surface area (Å²) in [6, 6.07) is 10.2. The SMILES string of the molecule is CC1CC(C)CN(Cc2ccc(CNC(=O)c3ccoc3)cc2)C1. The third kappa shape index (κ3) is 4.48. The Labute approximate surface area is 143 Å². The van der Waals surface area contributed by atoms with E-state index in [0.29, 0.717) is 12.1 Å². The lowest BCUT2D eigenvalue weighted by atomic mass is 9.91. The van der Waals surface area contributed by atoms with E-state index in [1.54, 1.807) is 6.07 Å². The first-order valence-electron chi connectivity index (χ1n) is 8.70. The second kappa shape index (κ2) is 7.67. The number of furan rings is 1. The lowest BCUT2D eigenvalue weighted by molar-refractivity contribution is 0.0950. The van der Waals surface area contributed by atoms with Crippen LogP contribution in [-0.4, -0.2) is 23.9 Å². The van der Waals surface area contributed by atoms with Crippen molar-refractivity contribution in [2.75, 3.05) is 13.1 Å². The molecule has 4 nitrogen and oxygen atoms in total. The van der Waals surface area contributed by atoms with Crippen LogP contribution in [-0.2, 0) is 13.1 Å². The molecule has 1 aromatic carbocycles. The number of hydrogen-bond donors (Lipinski definition) is 1. The Hall–Kier alpha value is -2.07. The molecule has 4 heteroatoms. The molecule has 0 bridgehead atoms. The highest BCUT2D eigenvalue weighted by atomic mass is 16.3. The van der Waals surface area contributed by atoms with Crippen LogP contribution in [0.2, 0.25) is 0 Å². The van der Waals surface area contributed by atoms with Crippen LogP contribution in [0.1, 0.15) is 41.8 Å². The molecule has 1 aliphatic rings. The van der Waals surface area contributed by atoms with Crippen molar-refractivity contribution in [3.8, 4) is 0 Å². The van der Waals surface area contributed by atoms with Crippen LogP contribution in [0.25, 0.3) is 0 Å². The molecule has 0 spiro atoms. The molecule has 1 aromatic heterocycles. The van der Waals surface area contributed by atoms with E-state index < -0.39 is 0 Å². The third-order valence-corrected chi connectivity index (χ3v) is 4.61. The van der Waals surface area contributed by atoms with Crippen LogP contribution in [0.5, 0.6) is 0 Å². The zero-order valence-electron chi connectivity index (χ0n) is 14.5. The second-order valence-electron chi connectivity index (χ2n) is 7.15. The number of likely N-dealkylation sites (tertiary alicyclic amines) is 1. The van der Waals surface area contributed by atoms with Crippen LogP contribution in [0, 0.1) is 11.8 Å². The number of carbonyl (C=O) groups excluding carboxylic acids is 1. The number of nitrogens with one attached hydrogen (secondary N) is 1.